The van der Waals surface area contributed by atoms with E-state index in [9.17, 15) is 14.9 Å². The van der Waals surface area contributed by atoms with Crippen LogP contribution in [0.15, 0.2) is 60.7 Å². The molecule has 0 fully saturated rings. The lowest BCUT2D eigenvalue weighted by Gasteiger charge is -2.21. The molecule has 0 aliphatic carbocycles. The molecule has 2 rings (SSSR count). The van der Waals surface area contributed by atoms with Crippen LogP contribution in [0, 0.1) is 10.1 Å². The lowest BCUT2D eigenvalue weighted by molar-refractivity contribution is -0.384. The molecule has 24 heavy (non-hydrogen) atoms. The monoisotopic (exact) mass is 324 g/mol. The molecular formula is C19H20N2O3. The van der Waals surface area contributed by atoms with Gasteiger partial charge in [0.15, 0.2) is 0 Å². The molecule has 0 saturated heterocycles. The molecule has 0 N–H and O–H groups in total. The van der Waals surface area contributed by atoms with Crippen LogP contribution < -0.4 is 4.90 Å². The number of carbonyl (C=O) groups excluding carboxylic acids is 1. The van der Waals surface area contributed by atoms with E-state index >= 15 is 0 Å². The first-order chi connectivity index (χ1) is 11.6. The van der Waals surface area contributed by atoms with E-state index in [1.807, 2.05) is 30.3 Å². The number of carbonyl (C=O) groups is 1. The van der Waals surface area contributed by atoms with E-state index in [2.05, 4.69) is 6.92 Å². The van der Waals surface area contributed by atoms with E-state index in [4.69, 9.17) is 0 Å². The Bertz CT molecular complexity index is 709. The van der Waals surface area contributed by atoms with Crippen molar-refractivity contribution < 1.29 is 9.72 Å². The highest BCUT2D eigenvalue weighted by Gasteiger charge is 2.12. The van der Waals surface area contributed by atoms with Crippen molar-refractivity contribution in [3.63, 3.8) is 0 Å². The molecule has 0 heterocycles. The summed E-state index contributed by atoms with van der Waals surface area (Å²) in [4.78, 5) is 24.5. The van der Waals surface area contributed by atoms with Crippen molar-refractivity contribution in [1.29, 1.82) is 0 Å². The van der Waals surface area contributed by atoms with Crippen LogP contribution in [0.5, 0.6) is 0 Å². The highest BCUT2D eigenvalue weighted by atomic mass is 16.6. The molecule has 0 aliphatic heterocycles. The van der Waals surface area contributed by atoms with Crippen LogP contribution >= 0.6 is 0 Å². The van der Waals surface area contributed by atoms with Gasteiger partial charge < -0.3 is 4.90 Å². The number of anilines is 1. The molecule has 1 amide bonds. The number of amides is 1. The van der Waals surface area contributed by atoms with E-state index in [-0.39, 0.29) is 11.6 Å². The summed E-state index contributed by atoms with van der Waals surface area (Å²) < 4.78 is 0. The van der Waals surface area contributed by atoms with Gasteiger partial charge in [0.05, 0.1) is 4.92 Å². The Morgan fingerprint density at radius 2 is 1.79 bits per heavy atom. The smallest absolute Gasteiger partial charge is 0.269 e. The Kier molecular flexibility index (Phi) is 6.25. The van der Waals surface area contributed by atoms with E-state index in [1.54, 1.807) is 23.1 Å². The maximum Gasteiger partial charge on any atom is 0.269 e. The van der Waals surface area contributed by atoms with Gasteiger partial charge in [0.1, 0.15) is 0 Å². The van der Waals surface area contributed by atoms with Crippen LogP contribution in [0.2, 0.25) is 0 Å². The molecule has 0 spiro atoms. The standard InChI is InChI=1S/C19H20N2O3/c1-2-3-15-20(17-7-5-4-6-8-17)19(22)14-11-16-9-12-18(13-10-16)21(23)24/h4-14H,2-3,15H2,1H3. The van der Waals surface area contributed by atoms with Crippen LogP contribution in [0.25, 0.3) is 6.08 Å². The van der Waals surface area contributed by atoms with E-state index < -0.39 is 4.92 Å². The second-order valence-corrected chi connectivity index (χ2v) is 5.36. The maximum absolute atomic E-state index is 12.5. The number of unbranched alkanes of at least 4 members (excludes halogenated alkanes) is 1. The Morgan fingerprint density at radius 3 is 2.38 bits per heavy atom. The SMILES string of the molecule is CCCCN(C(=O)C=Cc1ccc([N+](=O)[O-])cc1)c1ccccc1. The average molecular weight is 324 g/mol. The van der Waals surface area contributed by atoms with Gasteiger partial charge in [0.25, 0.3) is 11.6 Å². The van der Waals surface area contributed by atoms with Gasteiger partial charge in [-0.2, -0.15) is 0 Å². The molecule has 0 unspecified atom stereocenters. The fraction of sp³-hybridized carbons (Fsp3) is 0.211. The van der Waals surface area contributed by atoms with Crippen molar-refractivity contribution in [2.45, 2.75) is 19.8 Å². The number of nitro benzene ring substituents is 1. The first-order valence-electron chi connectivity index (χ1n) is 7.91. The second kappa shape index (κ2) is 8.62. The number of para-hydroxylation sites is 1. The van der Waals surface area contributed by atoms with E-state index in [0.717, 1.165) is 24.1 Å². The van der Waals surface area contributed by atoms with Gasteiger partial charge in [-0.05, 0) is 42.3 Å². The molecule has 5 heteroatoms. The lowest BCUT2D eigenvalue weighted by Crippen LogP contribution is -2.30. The predicted octanol–water partition coefficient (Wildman–Crippen LogP) is 4.44. The molecule has 2 aromatic carbocycles. The maximum atomic E-state index is 12.5. The zero-order chi connectivity index (χ0) is 17.4. The number of non-ortho nitro benzene ring substituents is 1. The molecule has 5 nitrogen and oxygen atoms in total. The lowest BCUT2D eigenvalue weighted by atomic mass is 10.2. The molecule has 2 aromatic rings. The zero-order valence-corrected chi connectivity index (χ0v) is 13.6. The van der Waals surface area contributed by atoms with E-state index in [1.165, 1.54) is 18.2 Å². The molecule has 0 saturated carbocycles. The first-order valence-corrected chi connectivity index (χ1v) is 7.91. The summed E-state index contributed by atoms with van der Waals surface area (Å²) in [6.45, 7) is 2.74. The van der Waals surface area contributed by atoms with Gasteiger partial charge in [0.2, 0.25) is 0 Å². The number of nitrogens with zero attached hydrogens (tertiary/aromatic N) is 2. The van der Waals surface area contributed by atoms with Gasteiger partial charge in [0, 0.05) is 30.4 Å². The number of nitro groups is 1. The van der Waals surface area contributed by atoms with Crippen molar-refractivity contribution >= 4 is 23.4 Å². The van der Waals surface area contributed by atoms with Crippen molar-refractivity contribution in [2.24, 2.45) is 0 Å². The van der Waals surface area contributed by atoms with Crippen LogP contribution in [0.3, 0.4) is 0 Å². The Labute approximate surface area is 141 Å². The summed E-state index contributed by atoms with van der Waals surface area (Å²) in [5.41, 5.74) is 1.65. The fourth-order valence-corrected chi connectivity index (χ4v) is 2.26. The normalized spacial score (nSPS) is 10.7. The molecular weight excluding hydrogens is 304 g/mol. The molecule has 0 radical (unpaired) electrons. The average Bonchev–Trinajstić information content (AvgIpc) is 2.61. The highest BCUT2D eigenvalue weighted by Crippen LogP contribution is 2.16. The minimum atomic E-state index is -0.444. The Hall–Kier alpha value is -2.95. The van der Waals surface area contributed by atoms with Crippen molar-refractivity contribution in [3.8, 4) is 0 Å². The molecule has 0 atom stereocenters. The number of rotatable bonds is 7. The quantitative estimate of drug-likeness (QED) is 0.429. The third kappa shape index (κ3) is 4.78. The minimum Gasteiger partial charge on any atom is -0.309 e. The van der Waals surface area contributed by atoms with Crippen LogP contribution in [-0.4, -0.2) is 17.4 Å². The third-order valence-electron chi connectivity index (χ3n) is 3.59. The topological polar surface area (TPSA) is 63.5 Å². The first kappa shape index (κ1) is 17.4. The summed E-state index contributed by atoms with van der Waals surface area (Å²) in [5.74, 6) is -0.104. The van der Waals surface area contributed by atoms with E-state index in [0.29, 0.717) is 6.54 Å². The summed E-state index contributed by atoms with van der Waals surface area (Å²) in [6.07, 6.45) is 5.10. The number of hydrogen-bond donors (Lipinski definition) is 0. The fourth-order valence-electron chi connectivity index (χ4n) is 2.26. The van der Waals surface area contributed by atoms with Gasteiger partial charge in [-0.3, -0.25) is 14.9 Å². The molecule has 0 aromatic heterocycles. The largest absolute Gasteiger partial charge is 0.309 e. The Balaban J connectivity index is 2.13. The number of benzene rings is 2. The predicted molar refractivity (Wildman–Crippen MR) is 95.8 cm³/mol. The zero-order valence-electron chi connectivity index (χ0n) is 13.6. The van der Waals surface area contributed by atoms with Gasteiger partial charge >= 0.3 is 0 Å². The molecule has 0 aliphatic rings. The van der Waals surface area contributed by atoms with Crippen LogP contribution in [0.1, 0.15) is 25.3 Å². The summed E-state index contributed by atoms with van der Waals surface area (Å²) in [5, 5.41) is 10.7. The summed E-state index contributed by atoms with van der Waals surface area (Å²) >= 11 is 0. The van der Waals surface area contributed by atoms with Crippen molar-refractivity contribution in [3.05, 3.63) is 76.4 Å². The highest BCUT2D eigenvalue weighted by molar-refractivity contribution is 6.03. The van der Waals surface area contributed by atoms with Gasteiger partial charge in [-0.15, -0.1) is 0 Å². The summed E-state index contributed by atoms with van der Waals surface area (Å²) in [6, 6.07) is 15.6. The summed E-state index contributed by atoms with van der Waals surface area (Å²) in [7, 11) is 0. The van der Waals surface area contributed by atoms with Crippen LogP contribution in [-0.2, 0) is 4.79 Å². The molecule has 0 bridgehead atoms. The molecule has 124 valence electrons. The van der Waals surface area contributed by atoms with Crippen molar-refractivity contribution in [1.82, 2.24) is 0 Å². The van der Waals surface area contributed by atoms with Gasteiger partial charge in [-0.1, -0.05) is 31.5 Å². The van der Waals surface area contributed by atoms with Crippen LogP contribution in [0.4, 0.5) is 11.4 Å². The Morgan fingerprint density at radius 1 is 1.12 bits per heavy atom. The number of hydrogen-bond acceptors (Lipinski definition) is 3. The second-order valence-electron chi connectivity index (χ2n) is 5.36. The van der Waals surface area contributed by atoms with Gasteiger partial charge in [-0.25, -0.2) is 0 Å². The minimum absolute atomic E-state index is 0.0346. The van der Waals surface area contributed by atoms with Crippen molar-refractivity contribution in [2.75, 3.05) is 11.4 Å². The third-order valence-corrected chi connectivity index (χ3v) is 3.59.